The van der Waals surface area contributed by atoms with E-state index in [0.29, 0.717) is 5.92 Å². The van der Waals surface area contributed by atoms with E-state index in [1.807, 2.05) is 13.0 Å². The lowest BCUT2D eigenvalue weighted by molar-refractivity contribution is 0.250. The lowest BCUT2D eigenvalue weighted by Crippen LogP contribution is -2.07. The number of aliphatic hydroxyl groups is 1. The molecule has 0 aliphatic carbocycles. The van der Waals surface area contributed by atoms with Crippen molar-refractivity contribution in [2.24, 2.45) is 5.92 Å². The summed E-state index contributed by atoms with van der Waals surface area (Å²) in [5.74, 6) is 3.00. The predicted octanol–water partition coefficient (Wildman–Crippen LogP) is 2.97. The smallest absolute Gasteiger partial charge is 0.132 e. The minimum Gasteiger partial charge on any atom is -0.396 e. The molecule has 1 rings (SSSR count). The first kappa shape index (κ1) is 16.2. The summed E-state index contributed by atoms with van der Waals surface area (Å²) in [6.07, 6.45) is 3.04. The van der Waals surface area contributed by atoms with Crippen LogP contribution in [0.2, 0.25) is 0 Å². The van der Waals surface area contributed by atoms with E-state index >= 15 is 0 Å². The third-order valence-corrected chi connectivity index (χ3v) is 3.85. The number of aryl methyl sites for hydroxylation is 1. The van der Waals surface area contributed by atoms with Crippen molar-refractivity contribution >= 4 is 17.6 Å². The van der Waals surface area contributed by atoms with Crippen molar-refractivity contribution in [3.05, 3.63) is 11.9 Å². The molecule has 0 fully saturated rings. The number of nitrogens with zero attached hydrogens (tertiary/aromatic N) is 2. The molecule has 4 nitrogen and oxygen atoms in total. The Morgan fingerprint density at radius 3 is 2.74 bits per heavy atom. The van der Waals surface area contributed by atoms with Crippen molar-refractivity contribution in [1.82, 2.24) is 9.97 Å². The zero-order chi connectivity index (χ0) is 14.1. The second kappa shape index (κ2) is 9.15. The quantitative estimate of drug-likeness (QED) is 0.539. The van der Waals surface area contributed by atoms with Gasteiger partial charge in [0.25, 0.3) is 0 Å². The maximum Gasteiger partial charge on any atom is 0.132 e. The Morgan fingerprint density at radius 2 is 2.11 bits per heavy atom. The minimum atomic E-state index is 0.223. The van der Waals surface area contributed by atoms with Crippen molar-refractivity contribution in [3.8, 4) is 0 Å². The van der Waals surface area contributed by atoms with Gasteiger partial charge in [-0.3, -0.25) is 0 Å². The lowest BCUT2D eigenvalue weighted by Gasteiger charge is -2.10. The molecule has 2 N–H and O–H groups in total. The van der Waals surface area contributed by atoms with Crippen LogP contribution < -0.4 is 5.32 Å². The highest BCUT2D eigenvalue weighted by Crippen LogP contribution is 2.21. The van der Waals surface area contributed by atoms with E-state index < -0.39 is 0 Å². The molecule has 5 heteroatoms. The fourth-order valence-corrected chi connectivity index (χ4v) is 2.43. The summed E-state index contributed by atoms with van der Waals surface area (Å²) in [5.41, 5.74) is 0. The summed E-state index contributed by atoms with van der Waals surface area (Å²) in [4.78, 5) is 9.09. The number of aromatic nitrogens is 2. The molecule has 0 saturated heterocycles. The number of nitrogens with one attached hydrogen (secondary N) is 1. The van der Waals surface area contributed by atoms with E-state index in [2.05, 4.69) is 29.1 Å². The third-order valence-electron chi connectivity index (χ3n) is 2.61. The number of rotatable bonds is 9. The van der Waals surface area contributed by atoms with E-state index in [9.17, 15) is 0 Å². The molecule has 0 aromatic carbocycles. The molecule has 0 saturated carbocycles. The summed E-state index contributed by atoms with van der Waals surface area (Å²) in [7, 11) is 0. The molecule has 19 heavy (non-hydrogen) atoms. The van der Waals surface area contributed by atoms with E-state index in [4.69, 9.17) is 5.11 Å². The van der Waals surface area contributed by atoms with Crippen LogP contribution in [0.25, 0.3) is 0 Å². The van der Waals surface area contributed by atoms with Crippen LogP contribution >= 0.6 is 11.8 Å². The van der Waals surface area contributed by atoms with Crippen LogP contribution in [0.15, 0.2) is 11.1 Å². The van der Waals surface area contributed by atoms with Crippen molar-refractivity contribution in [3.63, 3.8) is 0 Å². The first-order valence-electron chi connectivity index (χ1n) is 7.05. The molecule has 1 heterocycles. The molecule has 0 aliphatic heterocycles. The first-order chi connectivity index (χ1) is 9.19. The van der Waals surface area contributed by atoms with Crippen LogP contribution in [0.5, 0.6) is 0 Å². The number of thioether (sulfide) groups is 1. The molecular formula is C14H25N3OS. The van der Waals surface area contributed by atoms with Gasteiger partial charge >= 0.3 is 0 Å². The second-order valence-corrected chi connectivity index (χ2v) is 5.82. The van der Waals surface area contributed by atoms with Crippen LogP contribution in [0.3, 0.4) is 0 Å². The second-order valence-electron chi connectivity index (χ2n) is 4.78. The zero-order valence-corrected chi connectivity index (χ0v) is 13.0. The fourth-order valence-electron chi connectivity index (χ4n) is 1.51. The van der Waals surface area contributed by atoms with E-state index in [1.165, 1.54) is 0 Å². The number of anilines is 1. The zero-order valence-electron chi connectivity index (χ0n) is 12.1. The van der Waals surface area contributed by atoms with Gasteiger partial charge in [0.15, 0.2) is 0 Å². The SMILES string of the molecule is CCCNc1cc(SCC(C)CO)nc(CCC)n1. The Kier molecular flexibility index (Phi) is 7.82. The van der Waals surface area contributed by atoms with Crippen molar-refractivity contribution in [2.45, 2.75) is 45.1 Å². The normalized spacial score (nSPS) is 12.4. The Labute approximate surface area is 120 Å². The topological polar surface area (TPSA) is 58.0 Å². The Hall–Kier alpha value is -0.810. The monoisotopic (exact) mass is 283 g/mol. The third kappa shape index (κ3) is 6.25. The van der Waals surface area contributed by atoms with Gasteiger partial charge in [-0.15, -0.1) is 11.8 Å². The summed E-state index contributed by atoms with van der Waals surface area (Å²) in [5, 5.41) is 13.4. The largest absolute Gasteiger partial charge is 0.396 e. The summed E-state index contributed by atoms with van der Waals surface area (Å²) >= 11 is 1.69. The van der Waals surface area contributed by atoms with E-state index in [0.717, 1.165) is 48.2 Å². The van der Waals surface area contributed by atoms with Gasteiger partial charge in [-0.05, 0) is 18.8 Å². The highest BCUT2D eigenvalue weighted by atomic mass is 32.2. The Bertz CT molecular complexity index is 374. The molecule has 1 aromatic rings. The average molecular weight is 283 g/mol. The number of aliphatic hydroxyl groups excluding tert-OH is 1. The van der Waals surface area contributed by atoms with Crippen LogP contribution in [0.4, 0.5) is 5.82 Å². The maximum absolute atomic E-state index is 9.06. The van der Waals surface area contributed by atoms with Crippen LogP contribution in [-0.2, 0) is 6.42 Å². The summed E-state index contributed by atoms with van der Waals surface area (Å²) in [6, 6.07) is 2.00. The molecule has 1 unspecified atom stereocenters. The standard InChI is InChI=1S/C14H25N3OS/c1-4-6-12-16-13(15-7-5-2)8-14(17-12)19-10-11(3)9-18/h8,11,18H,4-7,9-10H2,1-3H3,(H,15,16,17). The Balaban J connectivity index is 2.73. The van der Waals surface area contributed by atoms with Gasteiger partial charge < -0.3 is 10.4 Å². The molecule has 0 radical (unpaired) electrons. The molecule has 0 amide bonds. The summed E-state index contributed by atoms with van der Waals surface area (Å²) < 4.78 is 0. The molecule has 1 aromatic heterocycles. The first-order valence-corrected chi connectivity index (χ1v) is 8.03. The molecule has 0 spiro atoms. The maximum atomic E-state index is 9.06. The van der Waals surface area contributed by atoms with Gasteiger partial charge in [0, 0.05) is 31.4 Å². The highest BCUT2D eigenvalue weighted by Gasteiger charge is 2.07. The van der Waals surface area contributed by atoms with E-state index in [-0.39, 0.29) is 6.61 Å². The van der Waals surface area contributed by atoms with Crippen LogP contribution in [0, 0.1) is 5.92 Å². The van der Waals surface area contributed by atoms with E-state index in [1.54, 1.807) is 11.8 Å². The van der Waals surface area contributed by atoms with Crippen molar-refractivity contribution in [1.29, 1.82) is 0 Å². The van der Waals surface area contributed by atoms with Gasteiger partial charge in [0.05, 0.1) is 0 Å². The molecule has 0 bridgehead atoms. The van der Waals surface area contributed by atoms with Crippen LogP contribution in [-0.4, -0.2) is 34.0 Å². The number of hydrogen-bond donors (Lipinski definition) is 2. The van der Waals surface area contributed by atoms with Gasteiger partial charge in [0.2, 0.25) is 0 Å². The minimum absolute atomic E-state index is 0.223. The highest BCUT2D eigenvalue weighted by molar-refractivity contribution is 7.99. The van der Waals surface area contributed by atoms with Gasteiger partial charge in [-0.25, -0.2) is 9.97 Å². The van der Waals surface area contributed by atoms with Gasteiger partial charge in [-0.1, -0.05) is 20.8 Å². The molecular weight excluding hydrogens is 258 g/mol. The average Bonchev–Trinajstić information content (AvgIpc) is 2.42. The molecule has 108 valence electrons. The van der Waals surface area contributed by atoms with Crippen molar-refractivity contribution in [2.75, 3.05) is 24.2 Å². The fraction of sp³-hybridized carbons (Fsp3) is 0.714. The number of hydrogen-bond acceptors (Lipinski definition) is 5. The molecule has 1 atom stereocenters. The van der Waals surface area contributed by atoms with Crippen LogP contribution in [0.1, 0.15) is 39.4 Å². The molecule has 0 aliphatic rings. The van der Waals surface area contributed by atoms with Crippen molar-refractivity contribution < 1.29 is 5.11 Å². The Morgan fingerprint density at radius 1 is 1.32 bits per heavy atom. The van der Waals surface area contributed by atoms with Gasteiger partial charge in [0.1, 0.15) is 16.7 Å². The predicted molar refractivity (Wildman–Crippen MR) is 81.8 cm³/mol. The summed E-state index contributed by atoms with van der Waals surface area (Å²) in [6.45, 7) is 7.47. The lowest BCUT2D eigenvalue weighted by atomic mass is 10.2. The van der Waals surface area contributed by atoms with Gasteiger partial charge in [-0.2, -0.15) is 0 Å².